The summed E-state index contributed by atoms with van der Waals surface area (Å²) >= 11 is 0. The van der Waals surface area contributed by atoms with E-state index in [1.165, 1.54) is 6.08 Å². The smallest absolute Gasteiger partial charge is 0.244 e. The van der Waals surface area contributed by atoms with Crippen molar-refractivity contribution in [2.75, 3.05) is 13.7 Å². The Balaban J connectivity index is 2.71. The van der Waals surface area contributed by atoms with Gasteiger partial charge in [-0.25, -0.2) is 0 Å². The molecule has 0 heterocycles. The highest BCUT2D eigenvalue weighted by Crippen LogP contribution is 2.19. The number of nitrogens with one attached hydrogen (secondary N) is 1. The van der Waals surface area contributed by atoms with E-state index in [4.69, 9.17) is 4.74 Å². The molecule has 2 N–H and O–H groups in total. The predicted octanol–water partition coefficient (Wildman–Crippen LogP) is 2.62. The van der Waals surface area contributed by atoms with Crippen LogP contribution in [0.25, 0.3) is 5.57 Å². The summed E-state index contributed by atoms with van der Waals surface area (Å²) in [4.78, 5) is 11.9. The van der Waals surface area contributed by atoms with Gasteiger partial charge >= 0.3 is 0 Å². The minimum Gasteiger partial charge on any atom is -0.497 e. The Morgan fingerprint density at radius 3 is 2.71 bits per heavy atom. The summed E-state index contributed by atoms with van der Waals surface area (Å²) in [5, 5.41) is 12.8. The summed E-state index contributed by atoms with van der Waals surface area (Å²) in [7, 11) is 1.61. The van der Waals surface area contributed by atoms with Crippen molar-refractivity contribution < 1.29 is 14.6 Å². The van der Waals surface area contributed by atoms with Gasteiger partial charge < -0.3 is 15.2 Å². The van der Waals surface area contributed by atoms with Crippen LogP contribution in [0.4, 0.5) is 0 Å². The number of benzene rings is 1. The standard InChI is InChI=1S/C17H25NO3/c1-12(2)17(4,20)11-18-16(19)9-13(3)14-7-6-8-15(10-14)21-5/h6-10,12,20H,11H2,1-5H3,(H,18,19). The molecule has 21 heavy (non-hydrogen) atoms. The number of methoxy groups -OCH3 is 1. The monoisotopic (exact) mass is 291 g/mol. The number of ether oxygens (including phenoxy) is 1. The number of hydrogen-bond donors (Lipinski definition) is 2. The molecular formula is C17H25NO3. The Kier molecular flexibility index (Phi) is 5.97. The van der Waals surface area contributed by atoms with Crippen LogP contribution in [0, 0.1) is 5.92 Å². The topological polar surface area (TPSA) is 58.6 Å². The fraction of sp³-hybridized carbons (Fsp3) is 0.471. The first-order valence-corrected chi connectivity index (χ1v) is 7.09. The van der Waals surface area contributed by atoms with Gasteiger partial charge in [0, 0.05) is 12.6 Å². The van der Waals surface area contributed by atoms with Crippen LogP contribution in [0.15, 0.2) is 30.3 Å². The van der Waals surface area contributed by atoms with Crippen molar-refractivity contribution in [3.05, 3.63) is 35.9 Å². The van der Waals surface area contributed by atoms with E-state index in [-0.39, 0.29) is 18.4 Å². The molecule has 0 aliphatic rings. The van der Waals surface area contributed by atoms with Crippen LogP contribution >= 0.6 is 0 Å². The van der Waals surface area contributed by atoms with Crippen LogP contribution in [0.5, 0.6) is 5.75 Å². The highest BCUT2D eigenvalue weighted by molar-refractivity contribution is 5.94. The second-order valence-corrected chi connectivity index (χ2v) is 5.79. The fourth-order valence-corrected chi connectivity index (χ4v) is 1.67. The number of carbonyl (C=O) groups is 1. The van der Waals surface area contributed by atoms with E-state index >= 15 is 0 Å². The molecular weight excluding hydrogens is 266 g/mol. The van der Waals surface area contributed by atoms with Crippen LogP contribution in [0.2, 0.25) is 0 Å². The van der Waals surface area contributed by atoms with Gasteiger partial charge in [0.25, 0.3) is 0 Å². The van der Waals surface area contributed by atoms with Gasteiger partial charge in [-0.05, 0) is 43.0 Å². The van der Waals surface area contributed by atoms with Crippen LogP contribution < -0.4 is 10.1 Å². The molecule has 4 heteroatoms. The Morgan fingerprint density at radius 2 is 2.14 bits per heavy atom. The minimum absolute atomic E-state index is 0.0706. The molecule has 1 amide bonds. The second-order valence-electron chi connectivity index (χ2n) is 5.79. The third-order valence-electron chi connectivity index (χ3n) is 3.74. The summed E-state index contributed by atoms with van der Waals surface area (Å²) in [6.45, 7) is 7.66. The van der Waals surface area contributed by atoms with Crippen molar-refractivity contribution in [3.63, 3.8) is 0 Å². The summed E-state index contributed by atoms with van der Waals surface area (Å²) < 4.78 is 5.17. The third kappa shape index (κ3) is 5.23. The second kappa shape index (κ2) is 7.27. The third-order valence-corrected chi connectivity index (χ3v) is 3.74. The van der Waals surface area contributed by atoms with E-state index in [2.05, 4.69) is 5.32 Å². The number of carbonyl (C=O) groups excluding carboxylic acids is 1. The molecule has 0 bridgehead atoms. The molecule has 1 rings (SSSR count). The molecule has 1 atom stereocenters. The SMILES string of the molecule is COc1cccc(C(C)=CC(=O)NCC(C)(O)C(C)C)c1. The molecule has 0 radical (unpaired) electrons. The van der Waals surface area contributed by atoms with Crippen molar-refractivity contribution >= 4 is 11.5 Å². The summed E-state index contributed by atoms with van der Waals surface area (Å²) in [5.74, 6) is 0.612. The van der Waals surface area contributed by atoms with Crippen LogP contribution in [-0.2, 0) is 4.79 Å². The Morgan fingerprint density at radius 1 is 1.48 bits per heavy atom. The van der Waals surface area contributed by atoms with Gasteiger partial charge in [0.2, 0.25) is 5.91 Å². The molecule has 0 saturated heterocycles. The van der Waals surface area contributed by atoms with E-state index in [0.29, 0.717) is 0 Å². The molecule has 1 aromatic carbocycles. The Hall–Kier alpha value is -1.81. The molecule has 0 saturated carbocycles. The number of rotatable bonds is 6. The largest absolute Gasteiger partial charge is 0.497 e. The van der Waals surface area contributed by atoms with E-state index in [0.717, 1.165) is 16.9 Å². The van der Waals surface area contributed by atoms with Crippen molar-refractivity contribution in [2.24, 2.45) is 5.92 Å². The van der Waals surface area contributed by atoms with Gasteiger partial charge in [0.15, 0.2) is 0 Å². The first-order chi connectivity index (χ1) is 9.76. The van der Waals surface area contributed by atoms with Gasteiger partial charge in [-0.3, -0.25) is 4.79 Å². The number of allylic oxidation sites excluding steroid dienone is 1. The molecule has 0 aliphatic heterocycles. The molecule has 116 valence electrons. The van der Waals surface area contributed by atoms with Gasteiger partial charge in [-0.2, -0.15) is 0 Å². The van der Waals surface area contributed by atoms with Crippen LogP contribution in [0.1, 0.15) is 33.3 Å². The van der Waals surface area contributed by atoms with Gasteiger partial charge in [-0.15, -0.1) is 0 Å². The zero-order valence-corrected chi connectivity index (χ0v) is 13.4. The lowest BCUT2D eigenvalue weighted by Crippen LogP contribution is -2.43. The Labute approximate surface area is 126 Å². The van der Waals surface area contributed by atoms with Gasteiger partial charge in [-0.1, -0.05) is 26.0 Å². The Bertz CT molecular complexity index is 519. The van der Waals surface area contributed by atoms with Crippen LogP contribution in [-0.4, -0.2) is 30.3 Å². The van der Waals surface area contributed by atoms with E-state index in [1.807, 2.05) is 45.0 Å². The number of hydrogen-bond acceptors (Lipinski definition) is 3. The van der Waals surface area contributed by atoms with Crippen LogP contribution in [0.3, 0.4) is 0 Å². The minimum atomic E-state index is -0.909. The first-order valence-electron chi connectivity index (χ1n) is 7.09. The van der Waals surface area contributed by atoms with Crippen molar-refractivity contribution in [2.45, 2.75) is 33.3 Å². The summed E-state index contributed by atoms with van der Waals surface area (Å²) in [6, 6.07) is 7.54. The fourth-order valence-electron chi connectivity index (χ4n) is 1.67. The molecule has 1 aromatic rings. The summed E-state index contributed by atoms with van der Waals surface area (Å²) in [6.07, 6.45) is 1.53. The summed E-state index contributed by atoms with van der Waals surface area (Å²) in [5.41, 5.74) is 0.864. The number of aliphatic hydroxyl groups is 1. The van der Waals surface area contributed by atoms with Crippen molar-refractivity contribution in [3.8, 4) is 5.75 Å². The average molecular weight is 291 g/mol. The molecule has 4 nitrogen and oxygen atoms in total. The van der Waals surface area contributed by atoms with Gasteiger partial charge in [0.05, 0.1) is 12.7 Å². The molecule has 0 aromatic heterocycles. The van der Waals surface area contributed by atoms with E-state index in [9.17, 15) is 9.90 Å². The maximum absolute atomic E-state index is 11.9. The molecule has 1 unspecified atom stereocenters. The van der Waals surface area contributed by atoms with Crippen molar-refractivity contribution in [1.82, 2.24) is 5.32 Å². The molecule has 0 aliphatic carbocycles. The van der Waals surface area contributed by atoms with E-state index < -0.39 is 5.60 Å². The van der Waals surface area contributed by atoms with Gasteiger partial charge in [0.1, 0.15) is 5.75 Å². The van der Waals surface area contributed by atoms with Crippen molar-refractivity contribution in [1.29, 1.82) is 0 Å². The lowest BCUT2D eigenvalue weighted by Gasteiger charge is -2.27. The normalized spacial score (nSPS) is 14.7. The quantitative estimate of drug-likeness (QED) is 0.792. The highest BCUT2D eigenvalue weighted by atomic mass is 16.5. The first kappa shape index (κ1) is 17.2. The number of amides is 1. The zero-order valence-electron chi connectivity index (χ0n) is 13.4. The molecule has 0 spiro atoms. The lowest BCUT2D eigenvalue weighted by atomic mass is 9.92. The predicted molar refractivity (Wildman–Crippen MR) is 85.1 cm³/mol. The van der Waals surface area contributed by atoms with E-state index in [1.54, 1.807) is 14.0 Å². The average Bonchev–Trinajstić information content (AvgIpc) is 2.45. The highest BCUT2D eigenvalue weighted by Gasteiger charge is 2.24. The lowest BCUT2D eigenvalue weighted by molar-refractivity contribution is -0.118. The maximum atomic E-state index is 11.9. The zero-order chi connectivity index (χ0) is 16.0. The molecule has 0 fully saturated rings. The maximum Gasteiger partial charge on any atom is 0.244 e.